The second-order valence-corrected chi connectivity index (χ2v) is 8.91. The second kappa shape index (κ2) is 6.61. The molecule has 114 valence electrons. The highest BCUT2D eigenvalue weighted by atomic mass is 79.9. The average Bonchev–Trinajstić information content (AvgIpc) is 2.96. The van der Waals surface area contributed by atoms with Gasteiger partial charge in [0, 0.05) is 17.5 Å². The molecule has 2 aromatic rings. The predicted octanol–water partition coefficient (Wildman–Crippen LogP) is 3.09. The van der Waals surface area contributed by atoms with Crippen molar-refractivity contribution < 1.29 is 22.7 Å². The maximum Gasteiger partial charge on any atom is 0.371 e. The highest BCUT2D eigenvalue weighted by Crippen LogP contribution is 2.26. The summed E-state index contributed by atoms with van der Waals surface area (Å²) in [7, 11) is -3.83. The molecule has 21 heavy (non-hydrogen) atoms. The molecule has 6 nitrogen and oxygen atoms in total. The predicted molar refractivity (Wildman–Crippen MR) is 84.3 cm³/mol. The highest BCUT2D eigenvalue weighted by Gasteiger charge is 2.24. The van der Waals surface area contributed by atoms with E-state index in [-0.39, 0.29) is 16.1 Å². The monoisotopic (exact) mass is 457 g/mol. The summed E-state index contributed by atoms with van der Waals surface area (Å²) in [5.41, 5.74) is 0. The van der Waals surface area contributed by atoms with E-state index in [1.54, 1.807) is 0 Å². The summed E-state index contributed by atoms with van der Waals surface area (Å²) < 4.78 is 32.2. The fourth-order valence-electron chi connectivity index (χ4n) is 1.51. The first-order valence-electron chi connectivity index (χ1n) is 5.56. The topological polar surface area (TPSA) is 96.6 Å². The molecule has 0 aromatic carbocycles. The van der Waals surface area contributed by atoms with Gasteiger partial charge >= 0.3 is 5.97 Å². The number of halogens is 2. The number of sulfonamides is 1. The number of rotatable bonds is 6. The molecular weight excluding hydrogens is 450 g/mol. The summed E-state index contributed by atoms with van der Waals surface area (Å²) in [5.74, 6) is -1.77. The van der Waals surface area contributed by atoms with Crippen molar-refractivity contribution in [2.75, 3.05) is 6.54 Å². The maximum absolute atomic E-state index is 12.1. The third-order valence-electron chi connectivity index (χ3n) is 2.45. The van der Waals surface area contributed by atoms with Crippen LogP contribution in [-0.4, -0.2) is 26.0 Å². The van der Waals surface area contributed by atoms with Crippen LogP contribution in [0.15, 0.2) is 36.0 Å². The van der Waals surface area contributed by atoms with Crippen LogP contribution >= 0.6 is 43.2 Å². The minimum atomic E-state index is -3.83. The van der Waals surface area contributed by atoms with Crippen molar-refractivity contribution in [2.45, 2.75) is 11.3 Å². The normalized spacial score (nSPS) is 11.7. The quantitative estimate of drug-likeness (QED) is 0.693. The molecule has 0 aliphatic carbocycles. The van der Waals surface area contributed by atoms with Gasteiger partial charge in [-0.1, -0.05) is 0 Å². The molecule has 10 heteroatoms. The van der Waals surface area contributed by atoms with Crippen molar-refractivity contribution >= 4 is 59.2 Å². The molecule has 0 unspecified atom stereocenters. The van der Waals surface area contributed by atoms with Gasteiger partial charge in [-0.15, -0.1) is 11.3 Å². The zero-order chi connectivity index (χ0) is 15.6. The first kappa shape index (κ1) is 16.7. The van der Waals surface area contributed by atoms with Gasteiger partial charge in [-0.2, -0.15) is 0 Å². The minimum Gasteiger partial charge on any atom is -0.475 e. The van der Waals surface area contributed by atoms with Crippen LogP contribution in [0.1, 0.15) is 15.4 Å². The molecule has 0 amide bonds. The molecular formula is C11H9Br2NO5S2. The van der Waals surface area contributed by atoms with E-state index in [1.165, 1.54) is 11.3 Å². The van der Waals surface area contributed by atoms with Gasteiger partial charge in [0.05, 0.1) is 3.79 Å². The standard InChI is InChI=1S/C11H9Br2NO5S2/c12-9-2-1-6(20-9)3-4-14-21(17,18)8-5-7(11(15)16)19-10(8)13/h1-2,5,14H,3-4H2,(H,15,16). The van der Waals surface area contributed by atoms with Crippen LogP contribution in [0.5, 0.6) is 0 Å². The Balaban J connectivity index is 2.06. The smallest absolute Gasteiger partial charge is 0.371 e. The second-order valence-electron chi connectivity index (χ2n) is 3.91. The van der Waals surface area contributed by atoms with Crippen LogP contribution < -0.4 is 4.72 Å². The molecule has 2 N–H and O–H groups in total. The van der Waals surface area contributed by atoms with Gasteiger partial charge in [0.25, 0.3) is 0 Å². The summed E-state index contributed by atoms with van der Waals surface area (Å²) in [4.78, 5) is 11.6. The maximum atomic E-state index is 12.1. The van der Waals surface area contributed by atoms with Crippen molar-refractivity contribution in [3.05, 3.63) is 37.3 Å². The summed E-state index contributed by atoms with van der Waals surface area (Å²) in [6.07, 6.45) is 0.538. The van der Waals surface area contributed by atoms with Crippen LogP contribution in [0.2, 0.25) is 0 Å². The lowest BCUT2D eigenvalue weighted by atomic mass is 10.3. The van der Waals surface area contributed by atoms with Crippen LogP contribution in [0.4, 0.5) is 0 Å². The number of thiophene rings is 1. The Kier molecular flexibility index (Phi) is 5.25. The van der Waals surface area contributed by atoms with Gasteiger partial charge < -0.3 is 9.52 Å². The van der Waals surface area contributed by atoms with Crippen LogP contribution in [0.25, 0.3) is 0 Å². The number of hydrogen-bond donors (Lipinski definition) is 2. The molecule has 0 fully saturated rings. The van der Waals surface area contributed by atoms with E-state index >= 15 is 0 Å². The van der Waals surface area contributed by atoms with Gasteiger partial charge in [0.2, 0.25) is 15.8 Å². The van der Waals surface area contributed by atoms with Crippen LogP contribution in [-0.2, 0) is 16.4 Å². The number of aromatic carboxylic acids is 1. The van der Waals surface area contributed by atoms with E-state index < -0.39 is 21.8 Å². The molecule has 2 aromatic heterocycles. The lowest BCUT2D eigenvalue weighted by Gasteiger charge is -2.03. The van der Waals surface area contributed by atoms with Crippen LogP contribution in [0, 0.1) is 0 Å². The third-order valence-corrected chi connectivity index (χ3v) is 6.45. The Morgan fingerprint density at radius 2 is 2.10 bits per heavy atom. The fraction of sp³-hybridized carbons (Fsp3) is 0.182. The van der Waals surface area contributed by atoms with Crippen molar-refractivity contribution in [1.82, 2.24) is 4.72 Å². The molecule has 2 heterocycles. The molecule has 0 saturated heterocycles. The number of nitrogens with one attached hydrogen (secondary N) is 1. The fourth-order valence-corrected chi connectivity index (χ4v) is 4.97. The first-order chi connectivity index (χ1) is 9.79. The van der Waals surface area contributed by atoms with Crippen molar-refractivity contribution in [3.63, 3.8) is 0 Å². The summed E-state index contributed by atoms with van der Waals surface area (Å²) in [6.45, 7) is 0.204. The third kappa shape index (κ3) is 4.16. The van der Waals surface area contributed by atoms with E-state index in [2.05, 4.69) is 36.6 Å². The Morgan fingerprint density at radius 1 is 1.38 bits per heavy atom. The van der Waals surface area contributed by atoms with E-state index in [4.69, 9.17) is 9.52 Å². The van der Waals surface area contributed by atoms with E-state index in [1.807, 2.05) is 12.1 Å². The highest BCUT2D eigenvalue weighted by molar-refractivity contribution is 9.11. The largest absolute Gasteiger partial charge is 0.475 e. The summed E-state index contributed by atoms with van der Waals surface area (Å²) in [5, 5.41) is 8.78. The molecule has 0 saturated carbocycles. The molecule has 0 bridgehead atoms. The SMILES string of the molecule is O=C(O)c1cc(S(=O)(=O)NCCc2ccc(Br)s2)c(Br)o1. The molecule has 0 radical (unpaired) electrons. The first-order valence-corrected chi connectivity index (χ1v) is 9.44. The minimum absolute atomic E-state index is 0.133. The zero-order valence-electron chi connectivity index (χ0n) is 10.3. The molecule has 0 spiro atoms. The summed E-state index contributed by atoms with van der Waals surface area (Å²) in [6, 6.07) is 4.76. The van der Waals surface area contributed by atoms with Crippen molar-refractivity contribution in [1.29, 1.82) is 0 Å². The Labute approximate surface area is 141 Å². The van der Waals surface area contributed by atoms with Gasteiger partial charge in [-0.05, 0) is 50.4 Å². The van der Waals surface area contributed by atoms with E-state index in [0.29, 0.717) is 6.42 Å². The Morgan fingerprint density at radius 3 is 2.62 bits per heavy atom. The van der Waals surface area contributed by atoms with E-state index in [0.717, 1.165) is 14.7 Å². The summed E-state index contributed by atoms with van der Waals surface area (Å²) >= 11 is 7.76. The molecule has 0 atom stereocenters. The number of hydrogen-bond acceptors (Lipinski definition) is 5. The van der Waals surface area contributed by atoms with Gasteiger partial charge in [-0.3, -0.25) is 0 Å². The van der Waals surface area contributed by atoms with Gasteiger partial charge in [-0.25, -0.2) is 17.9 Å². The molecule has 0 aliphatic heterocycles. The Bertz CT molecular complexity index is 765. The Hall–Kier alpha value is -0.680. The van der Waals surface area contributed by atoms with Crippen LogP contribution in [0.3, 0.4) is 0 Å². The molecule has 0 aliphatic rings. The lowest BCUT2D eigenvalue weighted by Crippen LogP contribution is -2.25. The zero-order valence-corrected chi connectivity index (χ0v) is 15.1. The number of carbonyl (C=O) groups is 1. The van der Waals surface area contributed by atoms with Crippen molar-refractivity contribution in [2.24, 2.45) is 0 Å². The van der Waals surface area contributed by atoms with Crippen molar-refractivity contribution in [3.8, 4) is 0 Å². The lowest BCUT2D eigenvalue weighted by molar-refractivity contribution is 0.0661. The number of carboxylic acids is 1. The molecule has 2 rings (SSSR count). The number of furan rings is 1. The van der Waals surface area contributed by atoms with Gasteiger partial charge in [0.15, 0.2) is 4.67 Å². The van der Waals surface area contributed by atoms with Gasteiger partial charge in [0.1, 0.15) is 4.90 Å². The average molecular weight is 459 g/mol. The number of carboxylic acid groups (broad SMARTS) is 1. The van der Waals surface area contributed by atoms with E-state index in [9.17, 15) is 13.2 Å².